The van der Waals surface area contributed by atoms with E-state index in [0.717, 1.165) is 22.0 Å². The number of carbonyl (C=O) groups is 2. The Morgan fingerprint density at radius 1 is 1.28 bits per heavy atom. The highest BCUT2D eigenvalue weighted by Gasteiger charge is 2.44. The number of piperidine rings is 1. The maximum absolute atomic E-state index is 13.0. The van der Waals surface area contributed by atoms with Crippen LogP contribution in [0.1, 0.15) is 29.4 Å². The van der Waals surface area contributed by atoms with Crippen LogP contribution in [0.2, 0.25) is 0 Å². The number of hydrogen-bond acceptors (Lipinski definition) is 4. The van der Waals surface area contributed by atoms with Crippen molar-refractivity contribution in [1.29, 1.82) is 0 Å². The molecule has 1 fully saturated rings. The van der Waals surface area contributed by atoms with Crippen LogP contribution in [0.3, 0.4) is 0 Å². The summed E-state index contributed by atoms with van der Waals surface area (Å²) >= 11 is 0. The van der Waals surface area contributed by atoms with Gasteiger partial charge in [-0.2, -0.15) is 0 Å². The lowest BCUT2D eigenvalue weighted by Gasteiger charge is -2.40. The summed E-state index contributed by atoms with van der Waals surface area (Å²) in [5.41, 5.74) is 3.78. The summed E-state index contributed by atoms with van der Waals surface area (Å²) in [6.07, 6.45) is 2.99. The van der Waals surface area contributed by atoms with Gasteiger partial charge in [-0.05, 0) is 25.0 Å². The molecular weight excluding hydrogens is 316 g/mol. The average molecular weight is 338 g/mol. The quantitative estimate of drug-likeness (QED) is 0.619. The summed E-state index contributed by atoms with van der Waals surface area (Å²) in [7, 11) is 1.42. The van der Waals surface area contributed by atoms with E-state index in [0.29, 0.717) is 25.1 Å². The molecule has 1 aliphatic carbocycles. The second-order valence-electron chi connectivity index (χ2n) is 6.86. The number of ketones is 1. The maximum Gasteiger partial charge on any atom is 0.310 e. The van der Waals surface area contributed by atoms with Crippen molar-refractivity contribution >= 4 is 22.7 Å². The zero-order valence-electron chi connectivity index (χ0n) is 14.5. The third-order valence-corrected chi connectivity index (χ3v) is 5.68. The Kier molecular flexibility index (Phi) is 3.96. The number of rotatable bonds is 1. The van der Waals surface area contributed by atoms with Crippen LogP contribution in [-0.2, 0) is 16.0 Å². The van der Waals surface area contributed by atoms with Gasteiger partial charge in [-0.1, -0.05) is 29.8 Å². The summed E-state index contributed by atoms with van der Waals surface area (Å²) in [6, 6.07) is 7.92. The Morgan fingerprint density at radius 2 is 2.08 bits per heavy atom. The molecule has 0 unspecified atom stereocenters. The number of nitrogens with one attached hydrogen (secondary N) is 2. The number of carbonyl (C=O) groups excluding carboxylic acids is 2. The third-order valence-electron chi connectivity index (χ3n) is 5.68. The molecular formula is C20H22N2O3. The van der Waals surface area contributed by atoms with Gasteiger partial charge in [0.15, 0.2) is 5.78 Å². The lowest BCUT2D eigenvalue weighted by molar-refractivity contribution is -0.148. The standard InChI is InChI=1S/C20H22N2O3/c1-3-11-10-21-16-8-14-12-6-4-5-7-15(12)22-19(14)17(23)9-13(11)18(16)20(24)25-2/h3-7,13,16,18,21-22H,8-10H2,1-2H3/t13-,16-,18-/m0/s1. The van der Waals surface area contributed by atoms with Crippen molar-refractivity contribution in [2.45, 2.75) is 25.8 Å². The fourth-order valence-corrected chi connectivity index (χ4v) is 4.43. The summed E-state index contributed by atoms with van der Waals surface area (Å²) in [6.45, 7) is 2.67. The lowest BCUT2D eigenvalue weighted by Crippen LogP contribution is -2.53. The SMILES string of the molecule is CC=C1CN[C@H]2Cc3c([nH]c4ccccc34)C(=O)C[C@@H]1[C@@H]2C(=O)OC. The van der Waals surface area contributed by atoms with Crippen LogP contribution >= 0.6 is 0 Å². The first-order chi connectivity index (χ1) is 12.1. The molecule has 2 aliphatic rings. The normalized spacial score (nSPS) is 27.7. The number of fused-ring (bicyclic) bond motifs is 5. The average Bonchev–Trinajstić information content (AvgIpc) is 2.99. The summed E-state index contributed by atoms with van der Waals surface area (Å²) in [5, 5.41) is 4.56. The Labute approximate surface area is 146 Å². The Balaban J connectivity index is 1.87. The van der Waals surface area contributed by atoms with E-state index >= 15 is 0 Å². The monoisotopic (exact) mass is 338 g/mol. The molecule has 0 amide bonds. The van der Waals surface area contributed by atoms with E-state index < -0.39 is 0 Å². The maximum atomic E-state index is 13.0. The second kappa shape index (κ2) is 6.15. The van der Waals surface area contributed by atoms with E-state index in [4.69, 9.17) is 4.74 Å². The minimum atomic E-state index is -0.337. The topological polar surface area (TPSA) is 71.2 Å². The van der Waals surface area contributed by atoms with Gasteiger partial charge in [-0.15, -0.1) is 0 Å². The molecule has 1 saturated heterocycles. The van der Waals surface area contributed by atoms with Crippen LogP contribution in [-0.4, -0.2) is 36.4 Å². The number of ether oxygens (including phenoxy) is 1. The van der Waals surface area contributed by atoms with Crippen LogP contribution in [0, 0.1) is 11.8 Å². The lowest BCUT2D eigenvalue weighted by atomic mass is 9.71. The predicted molar refractivity (Wildman–Crippen MR) is 95.5 cm³/mol. The van der Waals surface area contributed by atoms with Gasteiger partial charge in [0.1, 0.15) is 0 Å². The van der Waals surface area contributed by atoms with Crippen molar-refractivity contribution in [1.82, 2.24) is 10.3 Å². The van der Waals surface area contributed by atoms with E-state index in [2.05, 4.69) is 10.3 Å². The summed E-state index contributed by atoms with van der Waals surface area (Å²) < 4.78 is 5.08. The van der Waals surface area contributed by atoms with Gasteiger partial charge in [0, 0.05) is 35.8 Å². The molecule has 5 heteroatoms. The number of allylic oxidation sites excluding steroid dienone is 1. The van der Waals surface area contributed by atoms with Crippen LogP contribution < -0.4 is 5.32 Å². The number of aromatic amines is 1. The largest absolute Gasteiger partial charge is 0.469 e. The summed E-state index contributed by atoms with van der Waals surface area (Å²) in [5.74, 6) is -0.603. The van der Waals surface area contributed by atoms with Gasteiger partial charge in [-0.25, -0.2) is 0 Å². The number of esters is 1. The molecule has 2 N–H and O–H groups in total. The number of hydrogen-bond donors (Lipinski definition) is 2. The highest BCUT2D eigenvalue weighted by atomic mass is 16.5. The zero-order valence-corrected chi connectivity index (χ0v) is 14.5. The highest BCUT2D eigenvalue weighted by molar-refractivity contribution is 6.03. The van der Waals surface area contributed by atoms with Crippen molar-refractivity contribution in [3.63, 3.8) is 0 Å². The number of para-hydroxylation sites is 1. The molecule has 1 aromatic carbocycles. The first-order valence-electron chi connectivity index (χ1n) is 8.73. The molecule has 3 atom stereocenters. The van der Waals surface area contributed by atoms with Gasteiger partial charge in [0.25, 0.3) is 0 Å². The van der Waals surface area contributed by atoms with Crippen molar-refractivity contribution in [3.8, 4) is 0 Å². The van der Waals surface area contributed by atoms with E-state index in [1.54, 1.807) is 0 Å². The molecule has 2 aromatic rings. The van der Waals surface area contributed by atoms with Crippen molar-refractivity contribution < 1.29 is 14.3 Å². The highest BCUT2D eigenvalue weighted by Crippen LogP contribution is 2.38. The minimum Gasteiger partial charge on any atom is -0.469 e. The number of benzene rings is 1. The summed E-state index contributed by atoms with van der Waals surface area (Å²) in [4.78, 5) is 28.8. The Hall–Kier alpha value is -2.40. The van der Waals surface area contributed by atoms with Gasteiger partial charge in [0.2, 0.25) is 0 Å². The fourth-order valence-electron chi connectivity index (χ4n) is 4.43. The van der Waals surface area contributed by atoms with Gasteiger partial charge in [-0.3, -0.25) is 9.59 Å². The van der Waals surface area contributed by atoms with Crippen molar-refractivity contribution in [2.75, 3.05) is 13.7 Å². The molecule has 1 aliphatic heterocycles. The van der Waals surface area contributed by atoms with Crippen LogP contribution in [0.25, 0.3) is 10.9 Å². The third kappa shape index (κ3) is 2.50. The molecule has 4 rings (SSSR count). The Bertz CT molecular complexity index is 880. The van der Waals surface area contributed by atoms with Crippen LogP contribution in [0.5, 0.6) is 0 Å². The second-order valence-corrected chi connectivity index (χ2v) is 6.86. The van der Waals surface area contributed by atoms with Gasteiger partial charge in [0.05, 0.1) is 18.7 Å². The van der Waals surface area contributed by atoms with E-state index in [1.165, 1.54) is 7.11 Å². The predicted octanol–water partition coefficient (Wildman–Crippen LogP) is 2.62. The molecule has 2 bridgehead atoms. The molecule has 25 heavy (non-hydrogen) atoms. The van der Waals surface area contributed by atoms with E-state index in [-0.39, 0.29) is 29.6 Å². The van der Waals surface area contributed by atoms with Crippen molar-refractivity contribution in [2.24, 2.45) is 11.8 Å². The molecule has 0 spiro atoms. The van der Waals surface area contributed by atoms with E-state index in [9.17, 15) is 9.59 Å². The van der Waals surface area contributed by atoms with Crippen LogP contribution in [0.15, 0.2) is 35.9 Å². The fraction of sp³-hybridized carbons (Fsp3) is 0.400. The first kappa shape index (κ1) is 16.1. The number of Topliss-reactive ketones (excluding diaryl/α,β-unsaturated/α-hetero) is 1. The van der Waals surface area contributed by atoms with Gasteiger partial charge < -0.3 is 15.0 Å². The molecule has 2 heterocycles. The number of H-pyrrole nitrogens is 1. The number of aromatic nitrogens is 1. The molecule has 130 valence electrons. The molecule has 0 radical (unpaired) electrons. The van der Waals surface area contributed by atoms with Crippen molar-refractivity contribution in [3.05, 3.63) is 47.2 Å². The molecule has 0 saturated carbocycles. The van der Waals surface area contributed by atoms with Gasteiger partial charge >= 0.3 is 5.97 Å². The number of methoxy groups -OCH3 is 1. The molecule has 5 nitrogen and oxygen atoms in total. The zero-order chi connectivity index (χ0) is 17.6. The van der Waals surface area contributed by atoms with E-state index in [1.807, 2.05) is 37.3 Å². The smallest absolute Gasteiger partial charge is 0.310 e. The van der Waals surface area contributed by atoms with Crippen LogP contribution in [0.4, 0.5) is 0 Å². The Morgan fingerprint density at radius 3 is 2.84 bits per heavy atom. The molecule has 1 aromatic heterocycles. The first-order valence-corrected chi connectivity index (χ1v) is 8.73. The minimum absolute atomic E-state index is 0.0350.